The van der Waals surface area contributed by atoms with Crippen molar-refractivity contribution in [2.75, 3.05) is 22.1 Å². The lowest BCUT2D eigenvalue weighted by molar-refractivity contribution is -0.114. The van der Waals surface area contributed by atoms with E-state index in [4.69, 9.17) is 0 Å². The average molecular weight is 311 g/mol. The Kier molecular flexibility index (Phi) is 5.36. The molecule has 0 saturated carbocycles. The SMILES string of the molecule is CCN(C(=O)Nc1ccc(NC(C)=O)cc1)c1cccc(C)c1. The lowest BCUT2D eigenvalue weighted by atomic mass is 10.2. The molecule has 0 saturated heterocycles. The van der Waals surface area contributed by atoms with Crippen LogP contribution in [0.5, 0.6) is 0 Å². The summed E-state index contributed by atoms with van der Waals surface area (Å²) in [6, 6.07) is 14.6. The fourth-order valence-corrected chi connectivity index (χ4v) is 2.27. The molecule has 0 atom stereocenters. The molecule has 2 aromatic carbocycles. The predicted molar refractivity (Wildman–Crippen MR) is 94.0 cm³/mol. The lowest BCUT2D eigenvalue weighted by Gasteiger charge is -2.22. The second kappa shape index (κ2) is 7.45. The smallest absolute Gasteiger partial charge is 0.326 e. The number of carbonyl (C=O) groups is 2. The monoisotopic (exact) mass is 311 g/mol. The van der Waals surface area contributed by atoms with Gasteiger partial charge in [-0.3, -0.25) is 9.69 Å². The Morgan fingerprint density at radius 1 is 1.00 bits per heavy atom. The molecule has 0 aliphatic rings. The van der Waals surface area contributed by atoms with Gasteiger partial charge in [-0.1, -0.05) is 12.1 Å². The number of aryl methyl sites for hydroxylation is 1. The second-order valence-corrected chi connectivity index (χ2v) is 5.27. The summed E-state index contributed by atoms with van der Waals surface area (Å²) in [7, 11) is 0. The maximum Gasteiger partial charge on any atom is 0.326 e. The summed E-state index contributed by atoms with van der Waals surface area (Å²) in [4.78, 5) is 25.1. The number of rotatable bonds is 4. The molecule has 0 heterocycles. The molecule has 0 spiro atoms. The molecule has 5 heteroatoms. The van der Waals surface area contributed by atoms with Gasteiger partial charge in [0.25, 0.3) is 0 Å². The van der Waals surface area contributed by atoms with Crippen molar-refractivity contribution in [3.63, 3.8) is 0 Å². The van der Waals surface area contributed by atoms with Crippen molar-refractivity contribution < 1.29 is 9.59 Å². The van der Waals surface area contributed by atoms with Crippen LogP contribution < -0.4 is 15.5 Å². The maximum absolute atomic E-state index is 12.5. The van der Waals surface area contributed by atoms with Gasteiger partial charge in [-0.25, -0.2) is 4.79 Å². The zero-order chi connectivity index (χ0) is 16.8. The van der Waals surface area contributed by atoms with E-state index < -0.39 is 0 Å². The first-order chi connectivity index (χ1) is 11.0. The van der Waals surface area contributed by atoms with Gasteiger partial charge in [0, 0.05) is 30.5 Å². The minimum Gasteiger partial charge on any atom is -0.326 e. The van der Waals surface area contributed by atoms with Crippen molar-refractivity contribution in [1.82, 2.24) is 0 Å². The quantitative estimate of drug-likeness (QED) is 0.896. The minimum absolute atomic E-state index is 0.126. The van der Waals surface area contributed by atoms with Crippen LogP contribution in [0.2, 0.25) is 0 Å². The first-order valence-corrected chi connectivity index (χ1v) is 7.52. The number of benzene rings is 2. The lowest BCUT2D eigenvalue weighted by Crippen LogP contribution is -2.34. The van der Waals surface area contributed by atoms with Crippen molar-refractivity contribution in [2.24, 2.45) is 0 Å². The molecule has 2 aromatic rings. The second-order valence-electron chi connectivity index (χ2n) is 5.27. The number of hydrogen-bond donors (Lipinski definition) is 2. The van der Waals surface area contributed by atoms with Crippen LogP contribution in [0.3, 0.4) is 0 Å². The van der Waals surface area contributed by atoms with Crippen molar-refractivity contribution in [1.29, 1.82) is 0 Å². The van der Waals surface area contributed by atoms with Gasteiger partial charge in [-0.05, 0) is 55.8 Å². The van der Waals surface area contributed by atoms with Crippen LogP contribution in [0.4, 0.5) is 21.9 Å². The third-order valence-corrected chi connectivity index (χ3v) is 3.33. The summed E-state index contributed by atoms with van der Waals surface area (Å²) in [5.41, 5.74) is 3.34. The molecule has 0 aromatic heterocycles. The molecule has 0 bridgehead atoms. The summed E-state index contributed by atoms with van der Waals surface area (Å²) >= 11 is 0. The van der Waals surface area contributed by atoms with Gasteiger partial charge in [0.1, 0.15) is 0 Å². The van der Waals surface area contributed by atoms with E-state index in [2.05, 4.69) is 10.6 Å². The maximum atomic E-state index is 12.5. The van der Waals surface area contributed by atoms with Crippen LogP contribution in [0.25, 0.3) is 0 Å². The van der Waals surface area contributed by atoms with E-state index in [1.165, 1.54) is 6.92 Å². The average Bonchev–Trinajstić information content (AvgIpc) is 2.49. The fourth-order valence-electron chi connectivity index (χ4n) is 2.27. The topological polar surface area (TPSA) is 61.4 Å². The summed E-state index contributed by atoms with van der Waals surface area (Å²) < 4.78 is 0. The van der Waals surface area contributed by atoms with E-state index in [1.807, 2.05) is 38.1 Å². The molecular weight excluding hydrogens is 290 g/mol. The van der Waals surface area contributed by atoms with Crippen LogP contribution >= 0.6 is 0 Å². The molecule has 2 rings (SSSR count). The highest BCUT2D eigenvalue weighted by Crippen LogP contribution is 2.18. The van der Waals surface area contributed by atoms with E-state index in [9.17, 15) is 9.59 Å². The van der Waals surface area contributed by atoms with Crippen molar-refractivity contribution >= 4 is 29.0 Å². The van der Waals surface area contributed by atoms with Crippen LogP contribution in [-0.4, -0.2) is 18.5 Å². The van der Waals surface area contributed by atoms with Crippen molar-refractivity contribution in [2.45, 2.75) is 20.8 Å². The first kappa shape index (κ1) is 16.5. The zero-order valence-electron chi connectivity index (χ0n) is 13.6. The zero-order valence-corrected chi connectivity index (χ0v) is 13.6. The number of carbonyl (C=O) groups excluding carboxylic acids is 2. The number of nitrogens with one attached hydrogen (secondary N) is 2. The number of hydrogen-bond acceptors (Lipinski definition) is 2. The van der Waals surface area contributed by atoms with Gasteiger partial charge in [0.15, 0.2) is 0 Å². The molecule has 0 radical (unpaired) electrons. The third-order valence-electron chi connectivity index (χ3n) is 3.33. The number of anilines is 3. The number of urea groups is 1. The number of amides is 3. The van der Waals surface area contributed by atoms with Gasteiger partial charge >= 0.3 is 6.03 Å². The van der Waals surface area contributed by atoms with Crippen molar-refractivity contribution in [3.05, 3.63) is 54.1 Å². The molecule has 120 valence electrons. The van der Waals surface area contributed by atoms with E-state index >= 15 is 0 Å². The van der Waals surface area contributed by atoms with E-state index in [0.717, 1.165) is 11.3 Å². The van der Waals surface area contributed by atoms with Gasteiger partial charge in [0.05, 0.1) is 0 Å². The summed E-state index contributed by atoms with van der Waals surface area (Å²) in [5.74, 6) is -0.126. The van der Waals surface area contributed by atoms with Crippen LogP contribution in [0.1, 0.15) is 19.4 Å². The Labute approximate surface area is 136 Å². The van der Waals surface area contributed by atoms with Gasteiger partial charge in [-0.15, -0.1) is 0 Å². The Morgan fingerprint density at radius 2 is 1.61 bits per heavy atom. The first-order valence-electron chi connectivity index (χ1n) is 7.52. The fraction of sp³-hybridized carbons (Fsp3) is 0.222. The van der Waals surface area contributed by atoms with Crippen LogP contribution in [-0.2, 0) is 4.79 Å². The Hall–Kier alpha value is -2.82. The highest BCUT2D eigenvalue weighted by Gasteiger charge is 2.14. The van der Waals surface area contributed by atoms with Crippen LogP contribution in [0, 0.1) is 6.92 Å². The van der Waals surface area contributed by atoms with Gasteiger partial charge in [-0.2, -0.15) is 0 Å². The van der Waals surface area contributed by atoms with E-state index in [1.54, 1.807) is 29.2 Å². The molecular formula is C18H21N3O2. The van der Waals surface area contributed by atoms with Crippen molar-refractivity contribution in [3.8, 4) is 0 Å². The van der Waals surface area contributed by atoms with E-state index in [-0.39, 0.29) is 11.9 Å². The molecule has 0 aliphatic carbocycles. The standard InChI is InChI=1S/C18H21N3O2/c1-4-21(17-7-5-6-13(2)12-17)18(23)20-16-10-8-15(9-11-16)19-14(3)22/h5-12H,4H2,1-3H3,(H,19,22)(H,20,23). The predicted octanol–water partition coefficient (Wildman–Crippen LogP) is 4.01. The molecule has 3 amide bonds. The molecule has 23 heavy (non-hydrogen) atoms. The molecule has 0 fully saturated rings. The third kappa shape index (κ3) is 4.57. The Morgan fingerprint density at radius 3 is 2.13 bits per heavy atom. The summed E-state index contributed by atoms with van der Waals surface area (Å²) in [6.07, 6.45) is 0. The Bertz CT molecular complexity index is 696. The number of nitrogens with zero attached hydrogens (tertiary/aromatic N) is 1. The highest BCUT2D eigenvalue weighted by molar-refractivity contribution is 6.02. The molecule has 2 N–H and O–H groups in total. The van der Waals surface area contributed by atoms with Gasteiger partial charge in [0.2, 0.25) is 5.91 Å². The van der Waals surface area contributed by atoms with E-state index in [0.29, 0.717) is 17.9 Å². The Balaban J connectivity index is 2.09. The minimum atomic E-state index is -0.189. The van der Waals surface area contributed by atoms with Crippen LogP contribution in [0.15, 0.2) is 48.5 Å². The summed E-state index contributed by atoms with van der Waals surface area (Å²) in [6.45, 7) is 5.95. The van der Waals surface area contributed by atoms with Gasteiger partial charge < -0.3 is 10.6 Å². The molecule has 0 aliphatic heterocycles. The largest absolute Gasteiger partial charge is 0.326 e. The highest BCUT2D eigenvalue weighted by atomic mass is 16.2. The molecule has 0 unspecified atom stereocenters. The summed E-state index contributed by atoms with van der Waals surface area (Å²) in [5, 5.41) is 5.55. The molecule has 5 nitrogen and oxygen atoms in total. The normalized spacial score (nSPS) is 10.0.